The Hall–Kier alpha value is -4.25. The summed E-state index contributed by atoms with van der Waals surface area (Å²) in [5, 5.41) is 15.3. The number of aryl methyl sites for hydroxylation is 2. The van der Waals surface area contributed by atoms with Crippen LogP contribution in [0.25, 0.3) is 0 Å². The molecule has 4 rings (SSSR count). The fourth-order valence-corrected chi connectivity index (χ4v) is 4.24. The van der Waals surface area contributed by atoms with E-state index in [0.717, 1.165) is 42.8 Å². The number of nitrogens with one attached hydrogen (secondary N) is 2. The Bertz CT molecular complexity index is 1370. The maximum absolute atomic E-state index is 13.1. The molecule has 2 N–H and O–H groups in total. The number of benzene rings is 2. The molecule has 0 unspecified atom stereocenters. The van der Waals surface area contributed by atoms with Crippen LogP contribution in [0, 0.1) is 25.2 Å². The first-order valence-electron chi connectivity index (χ1n) is 12.5. The van der Waals surface area contributed by atoms with E-state index in [0.29, 0.717) is 28.6 Å². The second-order valence-corrected chi connectivity index (χ2v) is 10.00. The number of hydrogen-bond donors (Lipinski definition) is 2. The molecule has 1 aliphatic heterocycles. The highest BCUT2D eigenvalue weighted by molar-refractivity contribution is 6.06. The van der Waals surface area contributed by atoms with Crippen LogP contribution >= 0.6 is 0 Å². The quantitative estimate of drug-likeness (QED) is 0.473. The van der Waals surface area contributed by atoms with Gasteiger partial charge in [-0.1, -0.05) is 18.2 Å². The van der Waals surface area contributed by atoms with Gasteiger partial charge >= 0.3 is 0 Å². The number of nitriles is 1. The van der Waals surface area contributed by atoms with Gasteiger partial charge in [0, 0.05) is 35.7 Å². The summed E-state index contributed by atoms with van der Waals surface area (Å²) in [4.78, 5) is 37.3. The van der Waals surface area contributed by atoms with Crippen molar-refractivity contribution in [2.45, 2.75) is 52.4 Å². The summed E-state index contributed by atoms with van der Waals surface area (Å²) >= 11 is 0. The van der Waals surface area contributed by atoms with Gasteiger partial charge in [-0.2, -0.15) is 5.26 Å². The topological polar surface area (TPSA) is 111 Å². The van der Waals surface area contributed by atoms with Crippen molar-refractivity contribution in [1.29, 1.82) is 5.26 Å². The molecule has 2 heterocycles. The highest BCUT2D eigenvalue weighted by Gasteiger charge is 2.21. The fourth-order valence-electron chi connectivity index (χ4n) is 4.24. The van der Waals surface area contributed by atoms with Gasteiger partial charge < -0.3 is 15.5 Å². The first-order valence-corrected chi connectivity index (χ1v) is 12.5. The lowest BCUT2D eigenvalue weighted by Crippen LogP contribution is -2.31. The number of anilines is 3. The standard InChI is InChI=1S/C29H32N6O2/c1-19-11-12-23(32-26(36)21-9-8-10-22(16-21)29(3,4)18-30)17-24(19)33-27(37)25-15-20(2)31-28(34-25)35-13-6-5-7-14-35/h8-12,15-17H,5-7,13-14H2,1-4H3,(H,32,36)(H,33,37). The van der Waals surface area contributed by atoms with E-state index >= 15 is 0 Å². The summed E-state index contributed by atoms with van der Waals surface area (Å²) in [6.45, 7) is 9.16. The van der Waals surface area contributed by atoms with Crippen LogP contribution in [-0.4, -0.2) is 34.9 Å². The van der Waals surface area contributed by atoms with E-state index in [1.54, 1.807) is 36.4 Å². The first-order chi connectivity index (χ1) is 17.7. The van der Waals surface area contributed by atoms with Crippen molar-refractivity contribution in [1.82, 2.24) is 9.97 Å². The third-order valence-corrected chi connectivity index (χ3v) is 6.58. The number of carbonyl (C=O) groups is 2. The van der Waals surface area contributed by atoms with Crippen molar-refractivity contribution in [3.8, 4) is 6.07 Å². The zero-order chi connectivity index (χ0) is 26.6. The van der Waals surface area contributed by atoms with E-state index in [2.05, 4.69) is 31.6 Å². The molecule has 1 saturated heterocycles. The number of rotatable bonds is 6. The van der Waals surface area contributed by atoms with Crippen molar-refractivity contribution in [3.05, 3.63) is 76.6 Å². The lowest BCUT2D eigenvalue weighted by molar-refractivity contribution is 0.101. The molecule has 2 aromatic carbocycles. The Morgan fingerprint density at radius 1 is 0.946 bits per heavy atom. The van der Waals surface area contributed by atoms with E-state index in [4.69, 9.17) is 0 Å². The lowest BCUT2D eigenvalue weighted by atomic mass is 9.85. The average molecular weight is 497 g/mol. The first kappa shape index (κ1) is 25.8. The maximum atomic E-state index is 13.1. The van der Waals surface area contributed by atoms with Gasteiger partial charge in [0.25, 0.3) is 11.8 Å². The number of carbonyl (C=O) groups excluding carboxylic acids is 2. The van der Waals surface area contributed by atoms with E-state index < -0.39 is 5.41 Å². The second kappa shape index (κ2) is 10.8. The van der Waals surface area contributed by atoms with Gasteiger partial charge in [-0.25, -0.2) is 9.97 Å². The van der Waals surface area contributed by atoms with Crippen LogP contribution in [0.4, 0.5) is 17.3 Å². The predicted molar refractivity (Wildman–Crippen MR) is 145 cm³/mol. The van der Waals surface area contributed by atoms with E-state index in [-0.39, 0.29) is 11.8 Å². The molecule has 2 amide bonds. The normalized spacial score (nSPS) is 13.5. The number of piperidine rings is 1. The van der Waals surface area contributed by atoms with E-state index in [1.807, 2.05) is 39.8 Å². The molecule has 0 radical (unpaired) electrons. The second-order valence-electron chi connectivity index (χ2n) is 10.00. The molecule has 8 nitrogen and oxygen atoms in total. The predicted octanol–water partition coefficient (Wildman–Crippen LogP) is 5.39. The Balaban J connectivity index is 1.51. The van der Waals surface area contributed by atoms with Crippen LogP contribution in [0.15, 0.2) is 48.5 Å². The largest absolute Gasteiger partial charge is 0.341 e. The smallest absolute Gasteiger partial charge is 0.274 e. The molecule has 0 spiro atoms. The Morgan fingerprint density at radius 2 is 1.70 bits per heavy atom. The van der Waals surface area contributed by atoms with Gasteiger partial charge in [0.05, 0.1) is 11.5 Å². The van der Waals surface area contributed by atoms with Crippen molar-refractivity contribution in [2.24, 2.45) is 0 Å². The fraction of sp³-hybridized carbons (Fsp3) is 0.345. The number of nitrogens with zero attached hydrogens (tertiary/aromatic N) is 4. The van der Waals surface area contributed by atoms with Crippen LogP contribution in [0.3, 0.4) is 0 Å². The van der Waals surface area contributed by atoms with Gasteiger partial charge in [0.2, 0.25) is 5.95 Å². The molecule has 1 aromatic heterocycles. The van der Waals surface area contributed by atoms with Gasteiger partial charge in [-0.15, -0.1) is 0 Å². The molecule has 0 saturated carbocycles. The van der Waals surface area contributed by atoms with Crippen molar-refractivity contribution in [3.63, 3.8) is 0 Å². The van der Waals surface area contributed by atoms with Gasteiger partial charge in [-0.05, 0) is 88.4 Å². The third kappa shape index (κ3) is 6.12. The van der Waals surface area contributed by atoms with Crippen LogP contribution < -0.4 is 15.5 Å². The maximum Gasteiger partial charge on any atom is 0.274 e. The molecule has 1 aliphatic rings. The number of hydrogen-bond acceptors (Lipinski definition) is 6. The van der Waals surface area contributed by atoms with Crippen molar-refractivity contribution < 1.29 is 9.59 Å². The SMILES string of the molecule is Cc1cc(C(=O)Nc2cc(NC(=O)c3cccc(C(C)(C)C#N)c3)ccc2C)nc(N2CCCCC2)n1. The number of amides is 2. The monoisotopic (exact) mass is 496 g/mol. The molecule has 0 atom stereocenters. The third-order valence-electron chi connectivity index (χ3n) is 6.58. The summed E-state index contributed by atoms with van der Waals surface area (Å²) in [6.07, 6.45) is 3.39. The summed E-state index contributed by atoms with van der Waals surface area (Å²) in [6, 6.07) is 16.3. The van der Waals surface area contributed by atoms with Crippen molar-refractivity contribution in [2.75, 3.05) is 28.6 Å². The molecule has 8 heteroatoms. The summed E-state index contributed by atoms with van der Waals surface area (Å²) in [5.74, 6) is -0.0412. The Morgan fingerprint density at radius 3 is 2.43 bits per heavy atom. The summed E-state index contributed by atoms with van der Waals surface area (Å²) in [5.41, 5.74) is 3.54. The van der Waals surface area contributed by atoms with Gasteiger partial charge in [0.1, 0.15) is 5.69 Å². The van der Waals surface area contributed by atoms with Gasteiger partial charge in [0.15, 0.2) is 0 Å². The molecule has 37 heavy (non-hydrogen) atoms. The zero-order valence-corrected chi connectivity index (χ0v) is 21.8. The molecule has 0 aliphatic carbocycles. The minimum atomic E-state index is -0.704. The molecular weight excluding hydrogens is 464 g/mol. The summed E-state index contributed by atoms with van der Waals surface area (Å²) < 4.78 is 0. The number of aromatic nitrogens is 2. The van der Waals surface area contributed by atoms with Gasteiger partial charge in [-0.3, -0.25) is 9.59 Å². The van der Waals surface area contributed by atoms with E-state index in [9.17, 15) is 14.9 Å². The Kier molecular flexibility index (Phi) is 7.53. The van der Waals surface area contributed by atoms with Crippen LogP contribution in [0.2, 0.25) is 0 Å². The zero-order valence-electron chi connectivity index (χ0n) is 21.8. The minimum Gasteiger partial charge on any atom is -0.341 e. The summed E-state index contributed by atoms with van der Waals surface area (Å²) in [7, 11) is 0. The molecule has 190 valence electrons. The minimum absolute atomic E-state index is 0.297. The highest BCUT2D eigenvalue weighted by Crippen LogP contribution is 2.25. The van der Waals surface area contributed by atoms with Crippen molar-refractivity contribution >= 4 is 29.1 Å². The highest BCUT2D eigenvalue weighted by atomic mass is 16.2. The molecule has 1 fully saturated rings. The van der Waals surface area contributed by atoms with Crippen LogP contribution in [0.1, 0.15) is 70.8 Å². The molecule has 0 bridgehead atoms. The molecular formula is C29H32N6O2. The van der Waals surface area contributed by atoms with E-state index in [1.165, 1.54) is 6.42 Å². The average Bonchev–Trinajstić information content (AvgIpc) is 2.90. The molecule has 3 aromatic rings. The van der Waals surface area contributed by atoms with Crippen LogP contribution in [-0.2, 0) is 5.41 Å². The van der Waals surface area contributed by atoms with Crippen LogP contribution in [0.5, 0.6) is 0 Å². The lowest BCUT2D eigenvalue weighted by Gasteiger charge is -2.27. The Labute approximate surface area is 217 Å².